The molecular weight excluding hydrogens is 1440 g/mol. The van der Waals surface area contributed by atoms with Gasteiger partial charge in [-0.15, -0.1) is 24.8 Å². The van der Waals surface area contributed by atoms with Gasteiger partial charge >= 0.3 is 42.4 Å². The Hall–Kier alpha value is -5.32. The summed E-state index contributed by atoms with van der Waals surface area (Å²) in [7, 11) is -0.449. The van der Waals surface area contributed by atoms with E-state index >= 15 is 0 Å². The van der Waals surface area contributed by atoms with E-state index in [2.05, 4.69) is 43.5 Å². The molecule has 29 heteroatoms. The standard InChI is InChI=1S/2C14H22N2O2.C14H25NO5S.C14H23NO4.C13H23NO3.C9H15NO2.2ClH/c2*1-13(2,3)18-12(17)16-11-8-14(9-11)6-10(7-14)4-5-15;1-13(2,3)20-12(16)15-11-7-14(8-11)5-10(6-14)9-19-21(4,17)18;1-13(2,3)19-12(17)15-10-7-14(8-10)5-9(6-14)11(16)18-4;1-12(2,3)17-11(16)14-10-6-13(7-10)4-9(5-13)8-15;1-12-8(11)6-2-9(3-6)4-7(10)5-9;;/h2*10-11H,4,6-9H2,1-3H3,(H,16,17);10-11H,5-9H2,1-4H3,(H,15,16);9-10H,5-8H2,1-4H3,(H,15,17);9-10,15H,4-8H2,1-3H3,(H,14,16);6-7H,2-5,10H2,1H3;2*1H. The van der Waals surface area contributed by atoms with E-state index in [1.54, 1.807) is 0 Å². The highest BCUT2D eigenvalue weighted by Crippen LogP contribution is 2.63. The number of nitrogens with two attached hydrogens (primary N) is 1. The first-order valence-corrected chi connectivity index (χ1v) is 40.2. The number of nitrogens with one attached hydrogen (secondary N) is 5. The van der Waals surface area contributed by atoms with Crippen LogP contribution in [0.2, 0.25) is 0 Å². The van der Waals surface area contributed by atoms with Gasteiger partial charge in [-0.2, -0.15) is 18.9 Å². The third-order valence-electron chi connectivity index (χ3n) is 22.9. The molecule has 12 saturated carbocycles. The van der Waals surface area contributed by atoms with Crippen molar-refractivity contribution in [2.75, 3.05) is 33.7 Å². The molecule has 12 aliphatic rings. The fraction of sp³-hybridized carbons (Fsp3) is 0.885. The van der Waals surface area contributed by atoms with Crippen molar-refractivity contribution in [2.24, 2.45) is 73.7 Å². The molecule has 0 unspecified atom stereocenters. The van der Waals surface area contributed by atoms with E-state index in [-0.39, 0.29) is 127 Å². The Morgan fingerprint density at radius 1 is 0.393 bits per heavy atom. The molecule has 12 rings (SSSR count). The Labute approximate surface area is 650 Å². The predicted molar refractivity (Wildman–Crippen MR) is 407 cm³/mol. The maximum Gasteiger partial charge on any atom is 0.407 e. The zero-order valence-corrected chi connectivity index (χ0v) is 69.8. The molecule has 612 valence electrons. The molecule has 0 aromatic heterocycles. The van der Waals surface area contributed by atoms with Crippen molar-refractivity contribution in [3.05, 3.63) is 0 Å². The molecule has 6 spiro atoms. The fourth-order valence-electron chi connectivity index (χ4n) is 19.2. The Bertz CT molecular complexity index is 3120. The van der Waals surface area contributed by atoms with E-state index in [1.807, 2.05) is 104 Å². The topological polar surface area (TPSA) is 381 Å². The SMILES string of the molecule is CC(C)(C)OC(=O)NC1CC2(CC(CC#N)C2)C1.CC(C)(C)OC(=O)NC1CC2(CC(CC#N)C2)C1.CC(C)(C)OC(=O)NC1CC2(CC(CO)C2)C1.CC(C)(C)OC(=O)NC1CC2(CC(COS(C)(=O)=O)C2)C1.COC(=O)C1CC2(CC(N)C2)C1.COC(=O)C1CC2(CC(NC(=O)OC(C)(C)C)C2)C1.Cl.Cl. The second-order valence-electron chi connectivity index (χ2n) is 39.2. The lowest BCUT2D eigenvalue weighted by molar-refractivity contribution is -0.159. The van der Waals surface area contributed by atoms with Crippen molar-refractivity contribution in [1.82, 2.24) is 26.6 Å². The summed E-state index contributed by atoms with van der Waals surface area (Å²) in [6.07, 6.45) is 25.7. The minimum Gasteiger partial charge on any atom is -0.469 e. The maximum absolute atomic E-state index is 11.6. The van der Waals surface area contributed by atoms with Crippen LogP contribution in [0.3, 0.4) is 0 Å². The van der Waals surface area contributed by atoms with E-state index in [9.17, 15) is 42.0 Å². The Morgan fingerprint density at radius 2 is 0.607 bits per heavy atom. The Morgan fingerprint density at radius 3 is 0.804 bits per heavy atom. The van der Waals surface area contributed by atoms with E-state index in [0.717, 1.165) is 160 Å². The van der Waals surface area contributed by atoms with Crippen LogP contribution in [0.25, 0.3) is 0 Å². The molecule has 12 fully saturated rings. The third kappa shape index (κ3) is 28.4. The van der Waals surface area contributed by atoms with Gasteiger partial charge in [-0.25, -0.2) is 24.0 Å². The van der Waals surface area contributed by atoms with Crippen molar-refractivity contribution in [2.45, 2.75) is 335 Å². The predicted octanol–water partition coefficient (Wildman–Crippen LogP) is 13.8. The lowest BCUT2D eigenvalue weighted by Gasteiger charge is -2.57. The molecule has 0 aromatic carbocycles. The monoisotopic (exact) mass is 1570 g/mol. The van der Waals surface area contributed by atoms with Gasteiger partial charge in [0.25, 0.3) is 10.1 Å². The lowest BCUT2D eigenvalue weighted by atomic mass is 9.49. The molecule has 12 aliphatic carbocycles. The van der Waals surface area contributed by atoms with E-state index in [4.69, 9.17) is 54.0 Å². The van der Waals surface area contributed by atoms with Gasteiger partial charge in [-0.1, -0.05) is 0 Å². The normalized spacial score (nSPS) is 34.4. The molecule has 26 nitrogen and oxygen atoms in total. The minimum atomic E-state index is -3.34. The summed E-state index contributed by atoms with van der Waals surface area (Å²) in [4.78, 5) is 80.3. The average molecular weight is 1570 g/mol. The quantitative estimate of drug-likeness (QED) is 0.0511. The van der Waals surface area contributed by atoms with Crippen molar-refractivity contribution < 1.29 is 84.4 Å². The van der Waals surface area contributed by atoms with Gasteiger partial charge in [0.2, 0.25) is 0 Å². The second-order valence-corrected chi connectivity index (χ2v) is 40.8. The number of aliphatic hydroxyl groups excluding tert-OH is 1. The second kappa shape index (κ2) is 36.0. The van der Waals surface area contributed by atoms with Crippen molar-refractivity contribution >= 4 is 77.3 Å². The minimum absolute atomic E-state index is 0. The molecule has 0 aliphatic heterocycles. The fourth-order valence-corrected chi connectivity index (χ4v) is 19.6. The zero-order valence-electron chi connectivity index (χ0n) is 67.3. The van der Waals surface area contributed by atoms with Crippen LogP contribution < -0.4 is 32.3 Å². The van der Waals surface area contributed by atoms with Crippen LogP contribution in [0.15, 0.2) is 0 Å². The molecule has 5 amide bonds. The molecule has 8 N–H and O–H groups in total. The van der Waals surface area contributed by atoms with E-state index in [0.29, 0.717) is 70.8 Å². The number of halogens is 2. The lowest BCUT2D eigenvalue weighted by Crippen LogP contribution is -2.57. The number of nitrogens with zero attached hydrogens (tertiary/aromatic N) is 2. The number of rotatable bonds is 13. The largest absolute Gasteiger partial charge is 0.469 e. The first kappa shape index (κ1) is 92.3. The van der Waals surface area contributed by atoms with Gasteiger partial charge < -0.3 is 70.6 Å². The number of aliphatic hydroxyl groups is 1. The van der Waals surface area contributed by atoms with Crippen LogP contribution in [0.1, 0.15) is 271 Å². The van der Waals surface area contributed by atoms with Gasteiger partial charge in [0.15, 0.2) is 0 Å². The van der Waals surface area contributed by atoms with Gasteiger partial charge in [0, 0.05) is 55.7 Å². The number of nitriles is 2. The first-order valence-electron chi connectivity index (χ1n) is 38.4. The number of alkyl carbamates (subject to hydrolysis) is 5. The summed E-state index contributed by atoms with van der Waals surface area (Å²) in [6.45, 7) is 28.5. The van der Waals surface area contributed by atoms with Crippen LogP contribution in [-0.2, 0) is 57.0 Å². The molecule has 0 heterocycles. The van der Waals surface area contributed by atoms with Gasteiger partial charge in [0.05, 0.1) is 51.1 Å². The van der Waals surface area contributed by atoms with Crippen LogP contribution in [0.4, 0.5) is 24.0 Å². The zero-order chi connectivity index (χ0) is 78.4. The molecule has 0 atom stereocenters. The number of esters is 2. The maximum atomic E-state index is 11.6. The summed E-state index contributed by atoms with van der Waals surface area (Å²) in [6, 6.07) is 6.03. The number of carbonyl (C=O) groups is 7. The molecule has 0 saturated heterocycles. The van der Waals surface area contributed by atoms with Crippen LogP contribution in [0.5, 0.6) is 0 Å². The molecular formula is C78H132Cl2N8O18S. The van der Waals surface area contributed by atoms with Crippen molar-refractivity contribution in [3.8, 4) is 12.1 Å². The van der Waals surface area contributed by atoms with Crippen molar-refractivity contribution in [1.29, 1.82) is 10.5 Å². The van der Waals surface area contributed by atoms with E-state index < -0.39 is 38.1 Å². The Kier molecular flexibility index (Phi) is 31.1. The summed E-state index contributed by atoms with van der Waals surface area (Å²) in [5.41, 5.74) is 5.75. The summed E-state index contributed by atoms with van der Waals surface area (Å²) in [5, 5.41) is 40.7. The average Bonchev–Trinajstić information content (AvgIpc) is 0.766. The molecule has 0 radical (unpaired) electrons. The highest BCUT2D eigenvalue weighted by atomic mass is 35.5. The number of hydrogen-bond acceptors (Lipinski definition) is 21. The van der Waals surface area contributed by atoms with Gasteiger partial charge in [0.1, 0.15) is 28.0 Å². The summed E-state index contributed by atoms with van der Waals surface area (Å²) >= 11 is 0. The first-order chi connectivity index (χ1) is 48.3. The highest BCUT2D eigenvalue weighted by Gasteiger charge is 2.59. The van der Waals surface area contributed by atoms with Crippen molar-refractivity contribution in [3.63, 3.8) is 0 Å². The number of methoxy groups -OCH3 is 2. The van der Waals surface area contributed by atoms with Crippen LogP contribution in [-0.4, -0.2) is 154 Å². The highest BCUT2D eigenvalue weighted by molar-refractivity contribution is 7.86. The third-order valence-corrected chi connectivity index (χ3v) is 23.4. The van der Waals surface area contributed by atoms with Gasteiger partial charge in [-0.05, 0) is 314 Å². The molecule has 0 aromatic rings. The number of hydrogen-bond donors (Lipinski definition) is 7. The van der Waals surface area contributed by atoms with E-state index in [1.165, 1.54) is 14.2 Å². The summed E-state index contributed by atoms with van der Waals surface area (Å²) < 4.78 is 62.2. The number of ether oxygens (including phenoxy) is 7. The Balaban J connectivity index is 0.000000231. The number of amides is 5. The summed E-state index contributed by atoms with van der Waals surface area (Å²) in [5.74, 6) is 2.10. The molecule has 107 heavy (non-hydrogen) atoms. The number of carbonyl (C=O) groups excluding carboxylic acids is 7. The smallest absolute Gasteiger partial charge is 0.407 e. The molecule has 0 bridgehead atoms. The van der Waals surface area contributed by atoms with Crippen LogP contribution >= 0.6 is 24.8 Å². The van der Waals surface area contributed by atoms with Crippen LogP contribution in [0, 0.1) is 90.7 Å². The van der Waals surface area contributed by atoms with Gasteiger partial charge in [-0.3, -0.25) is 13.8 Å².